The maximum atomic E-state index is 11.0. The number of fused-ring (bicyclic) bond motifs is 10. The lowest BCUT2D eigenvalue weighted by atomic mass is 9.33. The van der Waals surface area contributed by atoms with Crippen molar-refractivity contribution in [1.29, 1.82) is 0 Å². The highest BCUT2D eigenvalue weighted by Gasteiger charge is 2.46. The zero-order valence-electron chi connectivity index (χ0n) is 79.6. The van der Waals surface area contributed by atoms with E-state index >= 15 is 0 Å². The standard InChI is InChI=1S/C113H121BN4/c1-107(2,3)66-73-42-50-96-90(54-73)91-55-74(67-108(4,5)6)43-51-97(91)115(96)84-46-48-94-102(62-84)117(100-64-86(78-34-26-22-27-35-78)82(71-112(16,17)18)60-88(100)80-38-30-24-31-39-80)104-58-77(70-111(13,14)15)59-105-106(104)114(94)95-49-47-85(116-98-52-44-75(68-109(7,8)9)56-92(98)93-57-76(45-53-99(93)116)69-110(10,11)12)63-103(95)118(105)101-65-87(79-36-28-23-29-37-79)83(72-113(19,20)21)61-89(101)81-40-32-25-33-41-81/h22-65H,66-72H2,1-21H3/i70D2,71D2,72D2. The Balaban J connectivity index is 1.07. The first-order valence-electron chi connectivity index (χ1n) is 45.9. The average molecular weight is 1550 g/mol. The Morgan fingerprint density at radius 1 is 0.246 bits per heavy atom. The topological polar surface area (TPSA) is 16.3 Å². The molecule has 15 aromatic rings. The van der Waals surface area contributed by atoms with Crippen LogP contribution in [-0.4, -0.2) is 15.8 Å². The Bertz CT molecular complexity index is 6150. The summed E-state index contributed by atoms with van der Waals surface area (Å²) in [5.74, 6) is 0. The zero-order valence-corrected chi connectivity index (χ0v) is 73.6. The van der Waals surface area contributed by atoms with Gasteiger partial charge in [0.05, 0.1) is 33.4 Å². The number of hydrogen-bond donors (Lipinski definition) is 0. The van der Waals surface area contributed by atoms with Crippen LogP contribution in [0.1, 0.15) is 193 Å². The van der Waals surface area contributed by atoms with Crippen LogP contribution >= 0.6 is 0 Å². The molecule has 118 heavy (non-hydrogen) atoms. The van der Waals surface area contributed by atoms with Crippen molar-refractivity contribution < 1.29 is 8.22 Å². The largest absolute Gasteiger partial charge is 0.311 e. The van der Waals surface area contributed by atoms with Gasteiger partial charge < -0.3 is 18.9 Å². The fourth-order valence-electron chi connectivity index (χ4n) is 18.9. The molecule has 0 amide bonds. The first-order chi connectivity index (χ1) is 58.1. The van der Waals surface area contributed by atoms with E-state index in [-0.39, 0.29) is 21.7 Å². The summed E-state index contributed by atoms with van der Waals surface area (Å²) in [5.41, 5.74) is 25.1. The van der Waals surface area contributed by atoms with Crippen LogP contribution in [0.5, 0.6) is 0 Å². The molecule has 5 heteroatoms. The maximum absolute atomic E-state index is 11.0. The lowest BCUT2D eigenvalue weighted by Crippen LogP contribution is -2.61. The molecule has 0 bridgehead atoms. The number of rotatable bonds is 15. The average Bonchev–Trinajstić information content (AvgIpc) is 0.703. The van der Waals surface area contributed by atoms with Crippen molar-refractivity contribution in [2.45, 2.75) is 190 Å². The monoisotopic (exact) mass is 1550 g/mol. The number of aromatic nitrogens is 2. The van der Waals surface area contributed by atoms with E-state index in [1.54, 1.807) is 0 Å². The molecule has 0 unspecified atom stereocenters. The van der Waals surface area contributed by atoms with Gasteiger partial charge in [-0.2, -0.15) is 0 Å². The van der Waals surface area contributed by atoms with Crippen molar-refractivity contribution in [2.24, 2.45) is 37.9 Å². The Morgan fingerprint density at radius 2 is 0.534 bits per heavy atom. The van der Waals surface area contributed by atoms with E-state index < -0.39 is 42.1 Å². The molecule has 4 heterocycles. The summed E-state index contributed by atoms with van der Waals surface area (Å²) in [6, 6.07) is 97.5. The molecular weight excluding hydrogens is 1420 g/mol. The van der Waals surface area contributed by atoms with Crippen LogP contribution in [0, 0.1) is 37.9 Å². The van der Waals surface area contributed by atoms with E-state index in [9.17, 15) is 8.22 Å². The molecule has 0 atom stereocenters. The summed E-state index contributed by atoms with van der Waals surface area (Å²) < 4.78 is 69.0. The normalized spacial score (nSPS) is 14.6. The summed E-state index contributed by atoms with van der Waals surface area (Å²) in [5, 5.41) is 4.77. The molecule has 596 valence electrons. The molecular formula is C113H121BN4. The van der Waals surface area contributed by atoms with Crippen molar-refractivity contribution in [3.8, 4) is 55.9 Å². The van der Waals surface area contributed by atoms with Crippen LogP contribution in [0.4, 0.5) is 34.1 Å². The molecule has 0 radical (unpaired) electrons. The summed E-state index contributed by atoms with van der Waals surface area (Å²) in [6.07, 6.45) is -2.13. The Hall–Kier alpha value is -10.9. The highest BCUT2D eigenvalue weighted by Crippen LogP contribution is 2.54. The predicted octanol–water partition coefficient (Wildman–Crippen LogP) is 29.8. The fraction of sp³-hybridized carbons (Fsp3) is 0.310. The summed E-state index contributed by atoms with van der Waals surface area (Å²) in [7, 11) is 0. The van der Waals surface area contributed by atoms with E-state index in [1.165, 1.54) is 43.8 Å². The van der Waals surface area contributed by atoms with Gasteiger partial charge in [-0.05, 0) is 281 Å². The molecule has 0 saturated carbocycles. The van der Waals surface area contributed by atoms with E-state index in [2.05, 4.69) is 320 Å². The number of hydrogen-bond acceptors (Lipinski definition) is 2. The van der Waals surface area contributed by atoms with Gasteiger partial charge in [0.1, 0.15) is 0 Å². The van der Waals surface area contributed by atoms with Crippen LogP contribution in [0.25, 0.3) is 99.5 Å². The molecule has 17 rings (SSSR count). The molecule has 0 saturated heterocycles. The minimum atomic E-state index is -2.01. The minimum Gasteiger partial charge on any atom is -0.311 e. The minimum absolute atomic E-state index is 0.0398. The molecule has 13 aromatic carbocycles. The third-order valence-electron chi connectivity index (χ3n) is 22.9. The van der Waals surface area contributed by atoms with Crippen LogP contribution < -0.4 is 26.2 Å². The Kier molecular flexibility index (Phi) is 18.1. The summed E-state index contributed by atoms with van der Waals surface area (Å²) in [4.78, 5) is 4.90. The molecule has 4 nitrogen and oxygen atoms in total. The van der Waals surface area contributed by atoms with Crippen molar-refractivity contribution in [1.82, 2.24) is 9.13 Å². The second-order valence-electron chi connectivity index (χ2n) is 42.0. The Labute approximate surface area is 713 Å². The van der Waals surface area contributed by atoms with E-state index in [1.807, 2.05) is 111 Å². The van der Waals surface area contributed by atoms with Gasteiger partial charge in [0.2, 0.25) is 0 Å². The van der Waals surface area contributed by atoms with Crippen molar-refractivity contribution in [2.75, 3.05) is 9.80 Å². The lowest BCUT2D eigenvalue weighted by Gasteiger charge is -2.46. The van der Waals surface area contributed by atoms with Gasteiger partial charge >= 0.3 is 0 Å². The van der Waals surface area contributed by atoms with Crippen LogP contribution in [0.15, 0.2) is 267 Å². The van der Waals surface area contributed by atoms with Gasteiger partial charge in [-0.3, -0.25) is 0 Å². The third kappa shape index (κ3) is 16.1. The summed E-state index contributed by atoms with van der Waals surface area (Å²) >= 11 is 0. The second-order valence-corrected chi connectivity index (χ2v) is 42.0. The van der Waals surface area contributed by atoms with Gasteiger partial charge in [-0.1, -0.05) is 303 Å². The molecule has 0 spiro atoms. The quantitative estimate of drug-likeness (QED) is 0.0951. The SMILES string of the molecule is [2H]C([2H])(c1cc2c3c(c1)N(c1cc(-c4ccccc4)c(C([2H])([2H])C(C)(C)C)cc1-c1ccccc1)c1cc(-n4c5ccc(CC(C)(C)C)cc5c5cc(CC(C)(C)C)ccc54)ccc1B3c1ccc(-n3c4ccc(CC(C)(C)C)cc4c4cc(CC(C)(C)C)ccc43)cc1N2c1cc(-c2ccccc2)c(C([2H])([2H])C(C)(C)C)cc1-c1ccccc1)C(C)(C)C. The zero-order chi connectivity index (χ0) is 88.5. The number of benzene rings is 13. The second kappa shape index (κ2) is 29.6. The van der Waals surface area contributed by atoms with Crippen molar-refractivity contribution in [3.05, 3.63) is 306 Å². The van der Waals surface area contributed by atoms with E-state index in [0.717, 1.165) is 154 Å². The Morgan fingerprint density at radius 3 is 0.814 bits per heavy atom. The first kappa shape index (κ1) is 72.4. The van der Waals surface area contributed by atoms with Crippen molar-refractivity contribution in [3.63, 3.8) is 0 Å². The molecule has 2 aliphatic rings. The predicted molar refractivity (Wildman–Crippen MR) is 513 cm³/mol. The summed E-state index contributed by atoms with van der Waals surface area (Å²) in [6.45, 7) is 45.3. The molecule has 0 fully saturated rings. The van der Waals surface area contributed by atoms with Gasteiger partial charge in [0.25, 0.3) is 6.71 Å². The molecule has 0 N–H and O–H groups in total. The molecule has 2 aromatic heterocycles. The smallest absolute Gasteiger partial charge is 0.252 e. The number of nitrogens with zero attached hydrogens (tertiary/aromatic N) is 4. The third-order valence-corrected chi connectivity index (χ3v) is 22.9. The van der Waals surface area contributed by atoms with E-state index in [4.69, 9.17) is 0 Å². The highest BCUT2D eigenvalue weighted by molar-refractivity contribution is 7.00. The fourth-order valence-corrected chi connectivity index (χ4v) is 18.9. The van der Waals surface area contributed by atoms with Crippen LogP contribution in [0.2, 0.25) is 0 Å². The van der Waals surface area contributed by atoms with Crippen LogP contribution in [-0.2, 0) is 44.8 Å². The molecule has 2 aliphatic heterocycles. The maximum Gasteiger partial charge on any atom is 0.252 e. The first-order valence-corrected chi connectivity index (χ1v) is 42.9. The van der Waals surface area contributed by atoms with Gasteiger partial charge in [0.15, 0.2) is 0 Å². The molecule has 0 aliphatic carbocycles. The van der Waals surface area contributed by atoms with E-state index in [0.29, 0.717) is 16.7 Å². The highest BCUT2D eigenvalue weighted by atomic mass is 15.2. The number of anilines is 6. The van der Waals surface area contributed by atoms with Crippen LogP contribution in [0.3, 0.4) is 0 Å². The van der Waals surface area contributed by atoms with Crippen molar-refractivity contribution >= 4 is 101 Å². The lowest BCUT2D eigenvalue weighted by molar-refractivity contribution is 0.411. The van der Waals surface area contributed by atoms with Gasteiger partial charge in [0, 0.05) is 75.0 Å². The van der Waals surface area contributed by atoms with Gasteiger partial charge in [-0.25, -0.2) is 0 Å². The van der Waals surface area contributed by atoms with Gasteiger partial charge in [-0.15, -0.1) is 0 Å².